The molecular weight excluding hydrogens is 154 g/mol. The first-order chi connectivity index (χ1) is 5.34. The standard InChI is InChI=1S/C9H19NS/c10-9(6-7-11)8-4-2-1-3-5-8/h8-9,11H,1-7,10H2. The summed E-state index contributed by atoms with van der Waals surface area (Å²) in [6.45, 7) is 0. The molecule has 0 aromatic carbocycles. The molecule has 1 atom stereocenters. The second-order valence-electron chi connectivity index (χ2n) is 3.57. The second kappa shape index (κ2) is 5.04. The largest absolute Gasteiger partial charge is 0.327 e. The third-order valence-corrected chi connectivity index (χ3v) is 2.98. The summed E-state index contributed by atoms with van der Waals surface area (Å²) in [5.41, 5.74) is 6.01. The summed E-state index contributed by atoms with van der Waals surface area (Å²) in [5.74, 6) is 1.74. The Morgan fingerprint density at radius 1 is 1.27 bits per heavy atom. The van der Waals surface area contributed by atoms with Gasteiger partial charge < -0.3 is 5.73 Å². The third kappa shape index (κ3) is 3.04. The first-order valence-corrected chi connectivity index (χ1v) is 5.34. The summed E-state index contributed by atoms with van der Waals surface area (Å²) in [6.07, 6.45) is 8.01. The molecule has 0 bridgehead atoms. The molecule has 1 aliphatic rings. The maximum atomic E-state index is 6.01. The van der Waals surface area contributed by atoms with Crippen molar-refractivity contribution in [3.05, 3.63) is 0 Å². The monoisotopic (exact) mass is 173 g/mol. The zero-order valence-electron chi connectivity index (χ0n) is 7.13. The van der Waals surface area contributed by atoms with Crippen LogP contribution in [0.3, 0.4) is 0 Å². The van der Waals surface area contributed by atoms with Gasteiger partial charge in [0.1, 0.15) is 0 Å². The quantitative estimate of drug-likeness (QED) is 0.629. The van der Waals surface area contributed by atoms with Gasteiger partial charge in [-0.15, -0.1) is 0 Å². The molecule has 0 aromatic heterocycles. The van der Waals surface area contributed by atoms with Crippen molar-refractivity contribution >= 4 is 12.6 Å². The van der Waals surface area contributed by atoms with Gasteiger partial charge in [-0.05, 0) is 30.9 Å². The second-order valence-corrected chi connectivity index (χ2v) is 4.02. The number of hydrogen-bond donors (Lipinski definition) is 2. The number of rotatable bonds is 3. The summed E-state index contributed by atoms with van der Waals surface area (Å²) >= 11 is 4.20. The molecule has 0 saturated heterocycles. The zero-order chi connectivity index (χ0) is 8.10. The van der Waals surface area contributed by atoms with Crippen molar-refractivity contribution in [3.8, 4) is 0 Å². The van der Waals surface area contributed by atoms with Gasteiger partial charge in [0.15, 0.2) is 0 Å². The SMILES string of the molecule is NC(CCS)C1CCCCC1. The summed E-state index contributed by atoms with van der Waals surface area (Å²) in [4.78, 5) is 0. The van der Waals surface area contributed by atoms with Crippen molar-refractivity contribution in [2.45, 2.75) is 44.6 Å². The Balaban J connectivity index is 2.21. The van der Waals surface area contributed by atoms with Crippen LogP contribution in [0.2, 0.25) is 0 Å². The van der Waals surface area contributed by atoms with E-state index < -0.39 is 0 Å². The van der Waals surface area contributed by atoms with Crippen molar-refractivity contribution in [3.63, 3.8) is 0 Å². The molecule has 1 saturated carbocycles. The van der Waals surface area contributed by atoms with E-state index in [4.69, 9.17) is 5.73 Å². The minimum Gasteiger partial charge on any atom is -0.327 e. The van der Waals surface area contributed by atoms with E-state index in [-0.39, 0.29) is 0 Å². The van der Waals surface area contributed by atoms with Crippen molar-refractivity contribution in [2.75, 3.05) is 5.75 Å². The molecular formula is C9H19NS. The molecule has 0 heterocycles. The average molecular weight is 173 g/mol. The van der Waals surface area contributed by atoms with E-state index in [0.717, 1.165) is 18.1 Å². The van der Waals surface area contributed by atoms with Gasteiger partial charge in [-0.1, -0.05) is 19.3 Å². The predicted molar refractivity (Wildman–Crippen MR) is 53.0 cm³/mol. The van der Waals surface area contributed by atoms with Crippen LogP contribution in [0.1, 0.15) is 38.5 Å². The van der Waals surface area contributed by atoms with Gasteiger partial charge in [0.25, 0.3) is 0 Å². The van der Waals surface area contributed by atoms with E-state index in [9.17, 15) is 0 Å². The van der Waals surface area contributed by atoms with E-state index in [1.54, 1.807) is 0 Å². The fourth-order valence-electron chi connectivity index (χ4n) is 1.95. The van der Waals surface area contributed by atoms with Crippen LogP contribution < -0.4 is 5.73 Å². The fourth-order valence-corrected chi connectivity index (χ4v) is 2.25. The smallest absolute Gasteiger partial charge is 0.00749 e. The Bertz CT molecular complexity index is 99.7. The van der Waals surface area contributed by atoms with Crippen LogP contribution in [0.15, 0.2) is 0 Å². The van der Waals surface area contributed by atoms with Crippen LogP contribution in [-0.2, 0) is 0 Å². The van der Waals surface area contributed by atoms with Crippen molar-refractivity contribution in [1.29, 1.82) is 0 Å². The molecule has 1 rings (SSSR count). The number of thiol groups is 1. The Kier molecular flexibility index (Phi) is 4.31. The first-order valence-electron chi connectivity index (χ1n) is 4.71. The lowest BCUT2D eigenvalue weighted by atomic mass is 9.83. The van der Waals surface area contributed by atoms with Gasteiger partial charge in [-0.3, -0.25) is 0 Å². The van der Waals surface area contributed by atoms with Crippen LogP contribution >= 0.6 is 12.6 Å². The molecule has 0 radical (unpaired) electrons. The lowest BCUT2D eigenvalue weighted by molar-refractivity contribution is 0.301. The van der Waals surface area contributed by atoms with E-state index in [2.05, 4.69) is 12.6 Å². The minimum absolute atomic E-state index is 0.424. The molecule has 1 aliphatic carbocycles. The minimum atomic E-state index is 0.424. The molecule has 1 fully saturated rings. The van der Waals surface area contributed by atoms with Crippen LogP contribution in [0.25, 0.3) is 0 Å². The number of hydrogen-bond acceptors (Lipinski definition) is 2. The summed E-state index contributed by atoms with van der Waals surface area (Å²) in [6, 6.07) is 0.424. The highest BCUT2D eigenvalue weighted by atomic mass is 32.1. The van der Waals surface area contributed by atoms with E-state index in [0.29, 0.717) is 6.04 Å². The van der Waals surface area contributed by atoms with Gasteiger partial charge in [-0.25, -0.2) is 0 Å². The molecule has 0 spiro atoms. The van der Waals surface area contributed by atoms with E-state index in [1.807, 2.05) is 0 Å². The summed E-state index contributed by atoms with van der Waals surface area (Å²) in [7, 11) is 0. The van der Waals surface area contributed by atoms with Gasteiger partial charge >= 0.3 is 0 Å². The molecule has 2 heteroatoms. The van der Waals surface area contributed by atoms with Gasteiger partial charge in [0.05, 0.1) is 0 Å². The highest BCUT2D eigenvalue weighted by Crippen LogP contribution is 2.26. The lowest BCUT2D eigenvalue weighted by Crippen LogP contribution is -2.31. The summed E-state index contributed by atoms with van der Waals surface area (Å²) in [5, 5.41) is 0. The third-order valence-electron chi connectivity index (χ3n) is 2.72. The highest BCUT2D eigenvalue weighted by Gasteiger charge is 2.19. The Labute approximate surface area is 75.1 Å². The van der Waals surface area contributed by atoms with Crippen molar-refractivity contribution in [2.24, 2.45) is 11.7 Å². The Hall–Kier alpha value is 0.310. The molecule has 0 amide bonds. The molecule has 1 nitrogen and oxygen atoms in total. The fraction of sp³-hybridized carbons (Fsp3) is 1.00. The maximum Gasteiger partial charge on any atom is 0.00749 e. The van der Waals surface area contributed by atoms with Gasteiger partial charge in [0, 0.05) is 6.04 Å². The van der Waals surface area contributed by atoms with Crippen LogP contribution in [0, 0.1) is 5.92 Å². The van der Waals surface area contributed by atoms with E-state index in [1.165, 1.54) is 32.1 Å². The maximum absolute atomic E-state index is 6.01. The number of nitrogens with two attached hydrogens (primary N) is 1. The normalized spacial score (nSPS) is 23.5. The predicted octanol–water partition coefficient (Wildman–Crippen LogP) is 2.21. The van der Waals surface area contributed by atoms with Crippen molar-refractivity contribution < 1.29 is 0 Å². The molecule has 11 heavy (non-hydrogen) atoms. The summed E-state index contributed by atoms with van der Waals surface area (Å²) < 4.78 is 0. The zero-order valence-corrected chi connectivity index (χ0v) is 8.02. The molecule has 66 valence electrons. The highest BCUT2D eigenvalue weighted by molar-refractivity contribution is 7.80. The molecule has 0 aromatic rings. The molecule has 2 N–H and O–H groups in total. The van der Waals surface area contributed by atoms with E-state index >= 15 is 0 Å². The topological polar surface area (TPSA) is 26.0 Å². The van der Waals surface area contributed by atoms with Crippen LogP contribution in [0.5, 0.6) is 0 Å². The van der Waals surface area contributed by atoms with Crippen LogP contribution in [-0.4, -0.2) is 11.8 Å². The molecule has 1 unspecified atom stereocenters. The Morgan fingerprint density at radius 2 is 1.91 bits per heavy atom. The van der Waals surface area contributed by atoms with Gasteiger partial charge in [0.2, 0.25) is 0 Å². The lowest BCUT2D eigenvalue weighted by Gasteiger charge is -2.26. The average Bonchev–Trinajstić information content (AvgIpc) is 2.07. The Morgan fingerprint density at radius 3 is 2.45 bits per heavy atom. The molecule has 0 aliphatic heterocycles. The first kappa shape index (κ1) is 9.40. The van der Waals surface area contributed by atoms with Crippen LogP contribution in [0.4, 0.5) is 0 Å². The van der Waals surface area contributed by atoms with Gasteiger partial charge in [-0.2, -0.15) is 12.6 Å². The van der Waals surface area contributed by atoms with Crippen molar-refractivity contribution in [1.82, 2.24) is 0 Å².